The lowest BCUT2D eigenvalue weighted by molar-refractivity contribution is 0.362. The van der Waals surface area contributed by atoms with Gasteiger partial charge in [0.15, 0.2) is 10.2 Å². The van der Waals surface area contributed by atoms with E-state index in [1.807, 2.05) is 13.8 Å². The molecule has 4 N–H and O–H groups in total. The van der Waals surface area contributed by atoms with Crippen LogP contribution in [0.2, 0.25) is 0 Å². The highest BCUT2D eigenvalue weighted by Crippen LogP contribution is 2.17. The summed E-state index contributed by atoms with van der Waals surface area (Å²) in [6.45, 7) is 4.66. The van der Waals surface area contributed by atoms with Crippen LogP contribution >= 0.6 is 24.4 Å². The fourth-order valence-corrected chi connectivity index (χ4v) is 2.58. The predicted octanol–water partition coefficient (Wildman–Crippen LogP) is 4.54. The van der Waals surface area contributed by atoms with Gasteiger partial charge in [0.1, 0.15) is 23.3 Å². The quantitative estimate of drug-likeness (QED) is 0.388. The third kappa shape index (κ3) is 7.47. The molecule has 0 aliphatic rings. The van der Waals surface area contributed by atoms with Crippen molar-refractivity contribution in [2.24, 2.45) is 5.41 Å². The topological polar surface area (TPSA) is 48.1 Å². The fraction of sp³-hybridized carbons (Fsp3) is 0.263. The molecule has 10 heteroatoms. The summed E-state index contributed by atoms with van der Waals surface area (Å²) >= 11 is 10.3. The van der Waals surface area contributed by atoms with Crippen LogP contribution in [0, 0.1) is 28.7 Å². The average Bonchev–Trinajstić information content (AvgIpc) is 2.63. The second-order valence-corrected chi connectivity index (χ2v) is 7.84. The number of thiocarbonyl (C=S) groups is 2. The van der Waals surface area contributed by atoms with Gasteiger partial charge in [0.05, 0.1) is 11.4 Å². The Labute approximate surface area is 177 Å². The Hall–Kier alpha value is -2.46. The highest BCUT2D eigenvalue weighted by Gasteiger charge is 2.19. The molecule has 156 valence electrons. The van der Waals surface area contributed by atoms with Crippen molar-refractivity contribution in [1.29, 1.82) is 0 Å². The largest absolute Gasteiger partial charge is 0.362 e. The molecule has 0 radical (unpaired) electrons. The summed E-state index contributed by atoms with van der Waals surface area (Å²) in [7, 11) is 0. The molecule has 4 nitrogen and oxygen atoms in total. The van der Waals surface area contributed by atoms with E-state index in [1.165, 1.54) is 12.1 Å². The molecule has 0 aliphatic heterocycles. The Balaban J connectivity index is 1.79. The van der Waals surface area contributed by atoms with E-state index in [1.54, 1.807) is 0 Å². The van der Waals surface area contributed by atoms with E-state index >= 15 is 0 Å². The van der Waals surface area contributed by atoms with E-state index < -0.39 is 23.3 Å². The Bertz CT molecular complexity index is 834. The van der Waals surface area contributed by atoms with Crippen molar-refractivity contribution in [1.82, 2.24) is 10.6 Å². The van der Waals surface area contributed by atoms with Gasteiger partial charge in [-0.05, 0) is 54.1 Å². The maximum Gasteiger partial charge on any atom is 0.170 e. The van der Waals surface area contributed by atoms with Crippen LogP contribution in [-0.4, -0.2) is 23.3 Å². The second kappa shape index (κ2) is 9.84. The van der Waals surface area contributed by atoms with Crippen LogP contribution in [0.3, 0.4) is 0 Å². The molecule has 2 aromatic rings. The van der Waals surface area contributed by atoms with Gasteiger partial charge in [-0.2, -0.15) is 0 Å². The minimum Gasteiger partial charge on any atom is -0.362 e. The minimum atomic E-state index is -0.750. The van der Waals surface area contributed by atoms with Crippen molar-refractivity contribution in [3.05, 3.63) is 59.7 Å². The average molecular weight is 445 g/mol. The lowest BCUT2D eigenvalue weighted by atomic mass is 9.93. The van der Waals surface area contributed by atoms with Crippen molar-refractivity contribution in [3.63, 3.8) is 0 Å². The number of rotatable bonds is 6. The summed E-state index contributed by atoms with van der Waals surface area (Å²) in [5.74, 6) is -2.85. The first-order chi connectivity index (χ1) is 13.6. The summed E-state index contributed by atoms with van der Waals surface area (Å²) in [6, 6.07) is 6.28. The van der Waals surface area contributed by atoms with E-state index in [0.29, 0.717) is 13.1 Å². The lowest BCUT2D eigenvalue weighted by Gasteiger charge is -2.27. The molecule has 0 aromatic heterocycles. The molecule has 0 amide bonds. The van der Waals surface area contributed by atoms with Crippen LogP contribution in [0.1, 0.15) is 13.8 Å². The molecule has 2 rings (SSSR count). The van der Waals surface area contributed by atoms with Crippen LogP contribution in [0.5, 0.6) is 0 Å². The molecular formula is C19H20F4N4S2. The van der Waals surface area contributed by atoms with Crippen LogP contribution in [0.15, 0.2) is 36.4 Å². The maximum absolute atomic E-state index is 13.7. The first-order valence-electron chi connectivity index (χ1n) is 8.55. The molecule has 0 saturated carbocycles. The third-order valence-electron chi connectivity index (χ3n) is 3.81. The minimum absolute atomic E-state index is 0.0616. The SMILES string of the molecule is CC(C)(CNC(=S)Nc1ccc(F)cc1F)CNC(=S)Nc1ccc(F)cc1F. The van der Waals surface area contributed by atoms with Crippen LogP contribution in [-0.2, 0) is 0 Å². The van der Waals surface area contributed by atoms with E-state index in [2.05, 4.69) is 21.3 Å². The van der Waals surface area contributed by atoms with Crippen LogP contribution in [0.25, 0.3) is 0 Å². The fourth-order valence-electron chi connectivity index (χ4n) is 2.22. The second-order valence-electron chi connectivity index (χ2n) is 7.03. The van der Waals surface area contributed by atoms with Gasteiger partial charge in [0.2, 0.25) is 0 Å². The van der Waals surface area contributed by atoms with Crippen molar-refractivity contribution in [2.45, 2.75) is 13.8 Å². The van der Waals surface area contributed by atoms with Crippen molar-refractivity contribution < 1.29 is 17.6 Å². The normalized spacial score (nSPS) is 11.0. The van der Waals surface area contributed by atoms with Gasteiger partial charge >= 0.3 is 0 Å². The van der Waals surface area contributed by atoms with Crippen molar-refractivity contribution in [2.75, 3.05) is 23.7 Å². The zero-order valence-electron chi connectivity index (χ0n) is 15.7. The number of hydrogen-bond donors (Lipinski definition) is 4. The van der Waals surface area contributed by atoms with E-state index in [0.717, 1.165) is 24.3 Å². The Morgan fingerprint density at radius 2 is 1.14 bits per heavy atom. The molecule has 0 saturated heterocycles. The summed E-state index contributed by atoms with van der Waals surface area (Å²) in [6.07, 6.45) is 0. The van der Waals surface area contributed by atoms with E-state index in [4.69, 9.17) is 24.4 Å². The molecule has 0 fully saturated rings. The van der Waals surface area contributed by atoms with Gasteiger partial charge in [-0.1, -0.05) is 13.8 Å². The van der Waals surface area contributed by atoms with Gasteiger partial charge in [-0.25, -0.2) is 17.6 Å². The van der Waals surface area contributed by atoms with Crippen molar-refractivity contribution in [3.8, 4) is 0 Å². The van der Waals surface area contributed by atoms with E-state index in [-0.39, 0.29) is 27.0 Å². The summed E-state index contributed by atoms with van der Waals surface area (Å²) in [5, 5.41) is 11.6. The molecule has 0 aliphatic carbocycles. The molecule has 0 bridgehead atoms. The number of anilines is 2. The van der Waals surface area contributed by atoms with Gasteiger partial charge in [0, 0.05) is 25.2 Å². The number of nitrogens with one attached hydrogen (secondary N) is 4. The zero-order valence-corrected chi connectivity index (χ0v) is 17.3. The maximum atomic E-state index is 13.7. The number of hydrogen-bond acceptors (Lipinski definition) is 2. The van der Waals surface area contributed by atoms with Gasteiger partial charge < -0.3 is 21.3 Å². The molecule has 0 unspecified atom stereocenters. The molecule has 0 atom stereocenters. The standard InChI is InChI=1S/C19H20F4N4S2/c1-19(2,9-24-17(28)26-15-5-3-11(20)7-13(15)22)10-25-18(29)27-16-6-4-12(21)8-14(16)23/h3-8H,9-10H2,1-2H3,(H2,24,26,28)(H2,25,27,29). The monoisotopic (exact) mass is 444 g/mol. The van der Waals surface area contributed by atoms with Gasteiger partial charge in [-0.15, -0.1) is 0 Å². The molecule has 0 heterocycles. The van der Waals surface area contributed by atoms with Crippen molar-refractivity contribution >= 4 is 46.0 Å². The van der Waals surface area contributed by atoms with Gasteiger partial charge in [-0.3, -0.25) is 0 Å². The molecule has 2 aromatic carbocycles. The Morgan fingerprint density at radius 1 is 0.759 bits per heavy atom. The highest BCUT2D eigenvalue weighted by atomic mass is 32.1. The number of halogens is 4. The summed E-state index contributed by atoms with van der Waals surface area (Å²) in [4.78, 5) is 0. The summed E-state index contributed by atoms with van der Waals surface area (Å²) < 4.78 is 53.2. The lowest BCUT2D eigenvalue weighted by Crippen LogP contribution is -2.44. The summed E-state index contributed by atoms with van der Waals surface area (Å²) in [5.41, 5.74) is -0.224. The van der Waals surface area contributed by atoms with Gasteiger partial charge in [0.25, 0.3) is 0 Å². The highest BCUT2D eigenvalue weighted by molar-refractivity contribution is 7.80. The Kier molecular flexibility index (Phi) is 7.74. The molecule has 0 spiro atoms. The molecule has 29 heavy (non-hydrogen) atoms. The first kappa shape index (κ1) is 22.8. The van der Waals surface area contributed by atoms with Crippen LogP contribution < -0.4 is 21.3 Å². The van der Waals surface area contributed by atoms with Crippen LogP contribution in [0.4, 0.5) is 28.9 Å². The first-order valence-corrected chi connectivity index (χ1v) is 9.37. The zero-order chi connectivity index (χ0) is 21.6. The molecular weight excluding hydrogens is 424 g/mol. The predicted molar refractivity (Wildman–Crippen MR) is 115 cm³/mol. The number of benzene rings is 2. The third-order valence-corrected chi connectivity index (χ3v) is 4.31. The Morgan fingerprint density at radius 3 is 1.48 bits per heavy atom. The smallest absolute Gasteiger partial charge is 0.170 e. The van der Waals surface area contributed by atoms with E-state index in [9.17, 15) is 17.6 Å².